The number of rotatable bonds is 5. The number of benzene rings is 1. The van der Waals surface area contributed by atoms with Gasteiger partial charge in [-0.2, -0.15) is 0 Å². The highest BCUT2D eigenvalue weighted by Gasteiger charge is 2.51. The third-order valence-electron chi connectivity index (χ3n) is 6.41. The normalized spacial score (nSPS) is 36.0. The van der Waals surface area contributed by atoms with Gasteiger partial charge in [0.25, 0.3) is 0 Å². The summed E-state index contributed by atoms with van der Waals surface area (Å²) in [6.07, 6.45) is 8.00. The summed E-state index contributed by atoms with van der Waals surface area (Å²) < 4.78 is 5.73. The summed E-state index contributed by atoms with van der Waals surface area (Å²) in [6, 6.07) is 8.30. The highest BCUT2D eigenvalue weighted by atomic mass is 16.5. The van der Waals surface area contributed by atoms with Crippen molar-refractivity contribution >= 4 is 5.97 Å². The van der Waals surface area contributed by atoms with E-state index in [1.165, 1.54) is 44.1 Å². The number of hydrogen-bond acceptors (Lipinski definition) is 2. The van der Waals surface area contributed by atoms with Crippen LogP contribution in [0.1, 0.15) is 57.4 Å². The maximum absolute atomic E-state index is 11.2. The molecule has 1 N–H and O–H groups in total. The first-order valence-electron chi connectivity index (χ1n) is 9.08. The molecule has 4 aliphatic rings. The standard InChI is InChI=1S/C20H26O3/c1-2-18(19(21)22)23-17-5-3-4-16(9-17)20-10-13-6-14(11-20)8-15(7-13)12-20/h3-5,9,13-15,18H,2,6-8,10-12H2,1H3,(H,21,22). The average Bonchev–Trinajstić information content (AvgIpc) is 2.51. The third-order valence-corrected chi connectivity index (χ3v) is 6.41. The SMILES string of the molecule is CCC(Oc1cccc(C23CC4CC(CC(C4)C2)C3)c1)C(=O)O. The number of hydrogen-bond donors (Lipinski definition) is 1. The van der Waals surface area contributed by atoms with Gasteiger partial charge in [-0.1, -0.05) is 19.1 Å². The molecule has 0 amide bonds. The number of carboxylic acids is 1. The maximum atomic E-state index is 11.2. The van der Waals surface area contributed by atoms with Crippen LogP contribution in [0, 0.1) is 17.8 Å². The molecule has 0 spiro atoms. The molecule has 1 unspecified atom stereocenters. The van der Waals surface area contributed by atoms with Gasteiger partial charge in [0.05, 0.1) is 0 Å². The summed E-state index contributed by atoms with van der Waals surface area (Å²) in [5, 5.41) is 9.21. The van der Waals surface area contributed by atoms with Gasteiger partial charge in [0.1, 0.15) is 5.75 Å². The van der Waals surface area contributed by atoms with E-state index in [1.54, 1.807) is 0 Å². The van der Waals surface area contributed by atoms with Gasteiger partial charge in [0, 0.05) is 0 Å². The van der Waals surface area contributed by atoms with Crippen LogP contribution in [0.5, 0.6) is 5.75 Å². The Morgan fingerprint density at radius 2 is 1.83 bits per heavy atom. The van der Waals surface area contributed by atoms with Crippen molar-refractivity contribution in [2.45, 2.75) is 63.4 Å². The van der Waals surface area contributed by atoms with Crippen molar-refractivity contribution in [3.63, 3.8) is 0 Å². The zero-order valence-electron chi connectivity index (χ0n) is 13.8. The zero-order chi connectivity index (χ0) is 16.0. The maximum Gasteiger partial charge on any atom is 0.344 e. The zero-order valence-corrected chi connectivity index (χ0v) is 13.8. The van der Waals surface area contributed by atoms with E-state index >= 15 is 0 Å². The fraction of sp³-hybridized carbons (Fsp3) is 0.650. The third kappa shape index (κ3) is 2.64. The van der Waals surface area contributed by atoms with Crippen molar-refractivity contribution in [2.24, 2.45) is 17.8 Å². The predicted octanol–water partition coefficient (Wildman–Crippen LogP) is 4.40. The van der Waals surface area contributed by atoms with Gasteiger partial charge in [-0.05, 0) is 85.8 Å². The van der Waals surface area contributed by atoms with Crippen LogP contribution >= 0.6 is 0 Å². The van der Waals surface area contributed by atoms with E-state index in [0.29, 0.717) is 17.6 Å². The first-order chi connectivity index (χ1) is 11.1. The van der Waals surface area contributed by atoms with Gasteiger partial charge in [-0.15, -0.1) is 0 Å². The van der Waals surface area contributed by atoms with E-state index in [-0.39, 0.29) is 0 Å². The molecule has 1 atom stereocenters. The average molecular weight is 314 g/mol. The summed E-state index contributed by atoms with van der Waals surface area (Å²) in [5.41, 5.74) is 1.72. The van der Waals surface area contributed by atoms with Crippen LogP contribution in [0.25, 0.3) is 0 Å². The molecule has 1 aromatic carbocycles. The number of carbonyl (C=O) groups is 1. The molecule has 0 aliphatic heterocycles. The fourth-order valence-corrected chi connectivity index (χ4v) is 5.84. The summed E-state index contributed by atoms with van der Waals surface area (Å²) >= 11 is 0. The van der Waals surface area contributed by atoms with Gasteiger partial charge in [-0.3, -0.25) is 0 Å². The second-order valence-corrected chi connectivity index (χ2v) is 8.08. The Morgan fingerprint density at radius 1 is 1.22 bits per heavy atom. The van der Waals surface area contributed by atoms with E-state index < -0.39 is 12.1 Å². The lowest BCUT2D eigenvalue weighted by Gasteiger charge is -2.57. The van der Waals surface area contributed by atoms with Crippen LogP contribution in [0.4, 0.5) is 0 Å². The summed E-state index contributed by atoms with van der Waals surface area (Å²) in [4.78, 5) is 11.2. The van der Waals surface area contributed by atoms with E-state index in [0.717, 1.165) is 17.8 Å². The van der Waals surface area contributed by atoms with Crippen molar-refractivity contribution in [1.82, 2.24) is 0 Å². The number of ether oxygens (including phenoxy) is 1. The van der Waals surface area contributed by atoms with Crippen LogP contribution < -0.4 is 4.74 Å². The molecule has 0 aromatic heterocycles. The summed E-state index contributed by atoms with van der Waals surface area (Å²) in [5.74, 6) is 2.56. The van der Waals surface area contributed by atoms with Crippen molar-refractivity contribution in [3.8, 4) is 5.75 Å². The molecule has 3 heteroatoms. The first kappa shape index (κ1) is 15.0. The molecule has 124 valence electrons. The van der Waals surface area contributed by atoms with E-state index in [2.05, 4.69) is 12.1 Å². The Morgan fingerprint density at radius 3 is 2.35 bits per heavy atom. The van der Waals surface area contributed by atoms with Gasteiger partial charge < -0.3 is 9.84 Å². The smallest absolute Gasteiger partial charge is 0.344 e. The Labute approximate surface area is 138 Å². The molecule has 5 rings (SSSR count). The van der Waals surface area contributed by atoms with Crippen LogP contribution in [0.3, 0.4) is 0 Å². The van der Waals surface area contributed by atoms with Crippen molar-refractivity contribution < 1.29 is 14.6 Å². The topological polar surface area (TPSA) is 46.5 Å². The molecule has 0 saturated heterocycles. The lowest BCUT2D eigenvalue weighted by molar-refractivity contribution is -0.145. The molecular formula is C20H26O3. The fourth-order valence-electron chi connectivity index (χ4n) is 5.84. The second-order valence-electron chi connectivity index (χ2n) is 8.08. The molecule has 0 heterocycles. The van der Waals surface area contributed by atoms with Gasteiger partial charge in [-0.25, -0.2) is 4.79 Å². The molecule has 23 heavy (non-hydrogen) atoms. The van der Waals surface area contributed by atoms with Crippen molar-refractivity contribution in [1.29, 1.82) is 0 Å². The number of carboxylic acid groups (broad SMARTS) is 1. The Balaban J connectivity index is 1.60. The molecule has 0 radical (unpaired) electrons. The van der Waals surface area contributed by atoms with Crippen LogP contribution in [-0.2, 0) is 10.2 Å². The largest absolute Gasteiger partial charge is 0.479 e. The minimum atomic E-state index is -0.882. The Hall–Kier alpha value is -1.51. The second kappa shape index (κ2) is 5.54. The van der Waals surface area contributed by atoms with Gasteiger partial charge in [0.2, 0.25) is 0 Å². The Bertz CT molecular complexity index is 571. The molecule has 4 aliphatic carbocycles. The van der Waals surface area contributed by atoms with E-state index in [9.17, 15) is 9.90 Å². The van der Waals surface area contributed by atoms with Crippen molar-refractivity contribution in [2.75, 3.05) is 0 Å². The molecular weight excluding hydrogens is 288 g/mol. The summed E-state index contributed by atoms with van der Waals surface area (Å²) in [7, 11) is 0. The molecule has 4 bridgehead atoms. The molecule has 3 nitrogen and oxygen atoms in total. The lowest BCUT2D eigenvalue weighted by atomic mass is 9.48. The van der Waals surface area contributed by atoms with Crippen LogP contribution in [0.15, 0.2) is 24.3 Å². The molecule has 4 fully saturated rings. The first-order valence-corrected chi connectivity index (χ1v) is 9.08. The predicted molar refractivity (Wildman–Crippen MR) is 88.6 cm³/mol. The van der Waals surface area contributed by atoms with Crippen LogP contribution in [-0.4, -0.2) is 17.2 Å². The van der Waals surface area contributed by atoms with E-state index in [4.69, 9.17) is 4.74 Å². The quantitative estimate of drug-likeness (QED) is 0.876. The monoisotopic (exact) mass is 314 g/mol. The lowest BCUT2D eigenvalue weighted by Crippen LogP contribution is -2.48. The highest BCUT2D eigenvalue weighted by molar-refractivity contribution is 5.72. The van der Waals surface area contributed by atoms with Crippen molar-refractivity contribution in [3.05, 3.63) is 29.8 Å². The number of aliphatic carboxylic acids is 1. The Kier molecular flexibility index (Phi) is 3.62. The highest BCUT2D eigenvalue weighted by Crippen LogP contribution is 2.60. The minimum absolute atomic E-state index is 0.332. The minimum Gasteiger partial charge on any atom is -0.479 e. The van der Waals surface area contributed by atoms with Crippen LogP contribution in [0.2, 0.25) is 0 Å². The molecule has 4 saturated carbocycles. The van der Waals surface area contributed by atoms with Gasteiger partial charge in [0.15, 0.2) is 6.10 Å². The molecule has 1 aromatic rings. The summed E-state index contributed by atoms with van der Waals surface area (Å²) in [6.45, 7) is 1.85. The van der Waals surface area contributed by atoms with Gasteiger partial charge >= 0.3 is 5.97 Å². The van der Waals surface area contributed by atoms with E-state index in [1.807, 2.05) is 19.1 Å².